The smallest absolute Gasteiger partial charge is 0.337 e. The van der Waals surface area contributed by atoms with E-state index in [2.05, 4.69) is 5.32 Å². The number of primary amides is 1. The first-order valence-electron chi connectivity index (χ1n) is 5.06. The minimum atomic E-state index is -1.36. The number of amides is 1. The van der Waals surface area contributed by atoms with E-state index in [1.54, 1.807) is 0 Å². The maximum absolute atomic E-state index is 10.8. The first kappa shape index (κ1) is 14.7. The fourth-order valence-corrected chi connectivity index (χ4v) is 1.58. The highest BCUT2D eigenvalue weighted by atomic mass is 35.5. The number of nitro benzene ring substituents is 1. The largest absolute Gasteiger partial charge is 0.478 e. The number of hydrogen-bond acceptors (Lipinski definition) is 5. The average Bonchev–Trinajstić information content (AvgIpc) is 2.27. The molecule has 0 saturated carbocycles. The Balaban J connectivity index is 3.09. The molecule has 0 saturated heterocycles. The summed E-state index contributed by atoms with van der Waals surface area (Å²) in [5.41, 5.74) is 4.16. The molecule has 1 amide bonds. The van der Waals surface area contributed by atoms with Crippen LogP contribution in [0.1, 0.15) is 16.8 Å². The lowest BCUT2D eigenvalue weighted by Gasteiger charge is -2.08. The van der Waals surface area contributed by atoms with Gasteiger partial charge < -0.3 is 16.2 Å². The number of nitrogens with two attached hydrogens (primary N) is 1. The average molecular weight is 288 g/mol. The molecule has 0 unspecified atom stereocenters. The summed E-state index contributed by atoms with van der Waals surface area (Å²) in [7, 11) is 0. The van der Waals surface area contributed by atoms with Crippen molar-refractivity contribution in [2.45, 2.75) is 6.42 Å². The molecule has 0 heterocycles. The standard InChI is InChI=1S/C10H10ClN3O5/c11-6-4-7(13-2-1-9(12)15)8(14(18)19)3-5(6)10(16)17/h3-4,13H,1-2H2,(H2,12,15)(H,16,17). The highest BCUT2D eigenvalue weighted by molar-refractivity contribution is 6.34. The molecule has 0 bridgehead atoms. The lowest BCUT2D eigenvalue weighted by Crippen LogP contribution is -2.16. The summed E-state index contributed by atoms with van der Waals surface area (Å²) < 4.78 is 0. The van der Waals surface area contributed by atoms with Gasteiger partial charge in [-0.1, -0.05) is 11.6 Å². The van der Waals surface area contributed by atoms with E-state index in [0.717, 1.165) is 12.1 Å². The molecule has 0 radical (unpaired) electrons. The number of anilines is 1. The molecule has 102 valence electrons. The van der Waals surface area contributed by atoms with Gasteiger partial charge in [-0.15, -0.1) is 0 Å². The molecule has 8 nitrogen and oxygen atoms in total. The molecule has 0 aromatic heterocycles. The Morgan fingerprint density at radius 2 is 2.11 bits per heavy atom. The summed E-state index contributed by atoms with van der Waals surface area (Å²) in [6.45, 7) is 0.0823. The van der Waals surface area contributed by atoms with Crippen LogP contribution in [0.2, 0.25) is 5.02 Å². The van der Waals surface area contributed by atoms with Crippen LogP contribution < -0.4 is 11.1 Å². The summed E-state index contributed by atoms with van der Waals surface area (Å²) in [6.07, 6.45) is -0.0184. The number of halogens is 1. The molecule has 0 spiro atoms. The van der Waals surface area contributed by atoms with Gasteiger partial charge in [0.2, 0.25) is 5.91 Å². The summed E-state index contributed by atoms with van der Waals surface area (Å²) >= 11 is 5.71. The Morgan fingerprint density at radius 3 is 2.58 bits per heavy atom. The summed E-state index contributed by atoms with van der Waals surface area (Å²) in [5, 5.41) is 22.1. The zero-order valence-electron chi connectivity index (χ0n) is 9.55. The Labute approximate surface area is 112 Å². The minimum Gasteiger partial charge on any atom is -0.478 e. The van der Waals surface area contributed by atoms with Crippen molar-refractivity contribution in [1.29, 1.82) is 0 Å². The lowest BCUT2D eigenvalue weighted by molar-refractivity contribution is -0.384. The minimum absolute atomic E-state index is 0.0184. The van der Waals surface area contributed by atoms with Crippen LogP contribution in [-0.2, 0) is 4.79 Å². The number of hydrogen-bond donors (Lipinski definition) is 3. The van der Waals surface area contributed by atoms with Crippen LogP contribution in [0.15, 0.2) is 12.1 Å². The molecule has 9 heteroatoms. The van der Waals surface area contributed by atoms with Crippen LogP contribution in [0, 0.1) is 10.1 Å². The molecule has 0 aliphatic carbocycles. The van der Waals surface area contributed by atoms with Crippen molar-refractivity contribution < 1.29 is 19.6 Å². The molecule has 1 aromatic carbocycles. The molecular weight excluding hydrogens is 278 g/mol. The van der Waals surface area contributed by atoms with Crippen molar-refractivity contribution in [3.05, 3.63) is 32.8 Å². The van der Waals surface area contributed by atoms with Gasteiger partial charge in [0.05, 0.1) is 15.5 Å². The highest BCUT2D eigenvalue weighted by Gasteiger charge is 2.20. The Bertz CT molecular complexity index is 546. The van der Waals surface area contributed by atoms with Gasteiger partial charge in [0.1, 0.15) is 5.69 Å². The number of aromatic carboxylic acids is 1. The molecular formula is C10H10ClN3O5. The number of nitro groups is 1. The number of carbonyl (C=O) groups is 2. The summed E-state index contributed by atoms with van der Waals surface area (Å²) in [6, 6.07) is 1.99. The van der Waals surface area contributed by atoms with Gasteiger partial charge in [0.25, 0.3) is 5.69 Å². The van der Waals surface area contributed by atoms with Crippen LogP contribution >= 0.6 is 11.6 Å². The Hall–Kier alpha value is -2.35. The van der Waals surface area contributed by atoms with Crippen LogP contribution in [0.3, 0.4) is 0 Å². The number of carboxylic acids is 1. The van der Waals surface area contributed by atoms with E-state index >= 15 is 0 Å². The third kappa shape index (κ3) is 3.81. The van der Waals surface area contributed by atoms with E-state index < -0.39 is 22.5 Å². The van der Waals surface area contributed by atoms with E-state index in [9.17, 15) is 19.7 Å². The molecule has 0 fully saturated rings. The molecule has 0 aliphatic heterocycles. The van der Waals surface area contributed by atoms with Gasteiger partial charge in [0, 0.05) is 19.0 Å². The van der Waals surface area contributed by atoms with Crippen molar-refractivity contribution in [2.24, 2.45) is 5.73 Å². The topological polar surface area (TPSA) is 136 Å². The Kier molecular flexibility index (Phi) is 4.65. The van der Waals surface area contributed by atoms with E-state index in [4.69, 9.17) is 22.4 Å². The van der Waals surface area contributed by atoms with Crippen LogP contribution in [0.25, 0.3) is 0 Å². The third-order valence-corrected chi connectivity index (χ3v) is 2.51. The Morgan fingerprint density at radius 1 is 1.47 bits per heavy atom. The number of carboxylic acid groups (broad SMARTS) is 1. The zero-order valence-corrected chi connectivity index (χ0v) is 10.3. The summed E-state index contributed by atoms with van der Waals surface area (Å²) in [4.78, 5) is 31.5. The highest BCUT2D eigenvalue weighted by Crippen LogP contribution is 2.31. The number of nitrogens with zero attached hydrogens (tertiary/aromatic N) is 1. The number of benzene rings is 1. The van der Waals surface area contributed by atoms with E-state index in [1.165, 1.54) is 0 Å². The second-order valence-corrected chi connectivity index (χ2v) is 3.96. The normalized spacial score (nSPS) is 9.95. The zero-order chi connectivity index (χ0) is 14.6. The van der Waals surface area contributed by atoms with Gasteiger partial charge in [-0.25, -0.2) is 4.79 Å². The number of carbonyl (C=O) groups excluding carboxylic acids is 1. The lowest BCUT2D eigenvalue weighted by atomic mass is 10.1. The second kappa shape index (κ2) is 6.01. The van der Waals surface area contributed by atoms with Crippen molar-refractivity contribution in [2.75, 3.05) is 11.9 Å². The first-order valence-corrected chi connectivity index (χ1v) is 5.44. The molecule has 1 rings (SSSR count). The number of nitrogens with one attached hydrogen (secondary N) is 1. The SMILES string of the molecule is NC(=O)CCNc1cc(Cl)c(C(=O)O)cc1[N+](=O)[O-]. The van der Waals surface area contributed by atoms with Gasteiger partial charge >= 0.3 is 5.97 Å². The van der Waals surface area contributed by atoms with Gasteiger partial charge in [-0.3, -0.25) is 14.9 Å². The predicted molar refractivity (Wildman–Crippen MR) is 67.4 cm³/mol. The van der Waals surface area contributed by atoms with Crippen molar-refractivity contribution in [1.82, 2.24) is 0 Å². The predicted octanol–water partition coefficient (Wildman–Crippen LogP) is 1.23. The molecule has 0 atom stereocenters. The fourth-order valence-electron chi connectivity index (χ4n) is 1.34. The van der Waals surface area contributed by atoms with Crippen LogP contribution in [0.5, 0.6) is 0 Å². The molecule has 4 N–H and O–H groups in total. The maximum atomic E-state index is 10.8. The van der Waals surface area contributed by atoms with Gasteiger partial charge in [-0.2, -0.15) is 0 Å². The number of rotatable bonds is 6. The monoisotopic (exact) mass is 287 g/mol. The van der Waals surface area contributed by atoms with E-state index in [1.807, 2.05) is 0 Å². The van der Waals surface area contributed by atoms with E-state index in [0.29, 0.717) is 0 Å². The van der Waals surface area contributed by atoms with E-state index in [-0.39, 0.29) is 29.2 Å². The maximum Gasteiger partial charge on any atom is 0.337 e. The third-order valence-electron chi connectivity index (χ3n) is 2.20. The van der Waals surface area contributed by atoms with Gasteiger partial charge in [0.15, 0.2) is 0 Å². The molecule has 19 heavy (non-hydrogen) atoms. The molecule has 1 aromatic rings. The summed E-state index contributed by atoms with van der Waals surface area (Å²) in [5.74, 6) is -1.93. The molecule has 0 aliphatic rings. The van der Waals surface area contributed by atoms with Crippen molar-refractivity contribution >= 4 is 34.9 Å². The van der Waals surface area contributed by atoms with Crippen molar-refractivity contribution in [3.8, 4) is 0 Å². The van der Waals surface area contributed by atoms with Crippen LogP contribution in [0.4, 0.5) is 11.4 Å². The quantitative estimate of drug-likeness (QED) is 0.532. The van der Waals surface area contributed by atoms with Crippen LogP contribution in [-0.4, -0.2) is 28.5 Å². The second-order valence-electron chi connectivity index (χ2n) is 3.55. The van der Waals surface area contributed by atoms with Crippen molar-refractivity contribution in [3.63, 3.8) is 0 Å². The van der Waals surface area contributed by atoms with Gasteiger partial charge in [-0.05, 0) is 6.07 Å². The first-order chi connectivity index (χ1) is 8.82. The fraction of sp³-hybridized carbons (Fsp3) is 0.200.